The van der Waals surface area contributed by atoms with E-state index in [1.54, 1.807) is 0 Å². The number of hydrogen-bond donors (Lipinski definition) is 1. The first-order chi connectivity index (χ1) is 10.2. The van der Waals surface area contributed by atoms with E-state index in [1.807, 2.05) is 31.2 Å². The van der Waals surface area contributed by atoms with Gasteiger partial charge in [-0.25, -0.2) is 0 Å². The van der Waals surface area contributed by atoms with Crippen LogP contribution in [0.15, 0.2) is 28.7 Å². The smallest absolute Gasteiger partial charge is 0.247 e. The van der Waals surface area contributed by atoms with Gasteiger partial charge in [0.05, 0.1) is 0 Å². The van der Waals surface area contributed by atoms with Crippen molar-refractivity contribution in [1.29, 1.82) is 0 Å². The molecule has 0 fully saturated rings. The van der Waals surface area contributed by atoms with Crippen LogP contribution in [0.5, 0.6) is 0 Å². The van der Waals surface area contributed by atoms with Crippen molar-refractivity contribution in [2.45, 2.75) is 39.5 Å². The lowest BCUT2D eigenvalue weighted by atomic mass is 10.1. The van der Waals surface area contributed by atoms with E-state index in [1.165, 1.54) is 5.56 Å². The fourth-order valence-electron chi connectivity index (χ4n) is 1.90. The van der Waals surface area contributed by atoms with Gasteiger partial charge in [-0.2, -0.15) is 0 Å². The zero-order chi connectivity index (χ0) is 15.1. The molecule has 112 valence electrons. The van der Waals surface area contributed by atoms with Crippen LogP contribution in [0.4, 0.5) is 0 Å². The van der Waals surface area contributed by atoms with E-state index >= 15 is 0 Å². The summed E-state index contributed by atoms with van der Waals surface area (Å²) in [4.78, 5) is 11.5. The molecule has 1 aromatic carbocycles. The van der Waals surface area contributed by atoms with Crippen molar-refractivity contribution >= 4 is 5.91 Å². The Bertz CT molecular complexity index is 575. The van der Waals surface area contributed by atoms with Crippen molar-refractivity contribution in [1.82, 2.24) is 15.5 Å². The largest absolute Gasteiger partial charge is 0.421 e. The van der Waals surface area contributed by atoms with E-state index < -0.39 is 0 Å². The Labute approximate surface area is 124 Å². The van der Waals surface area contributed by atoms with Gasteiger partial charge in [-0.15, -0.1) is 10.2 Å². The third-order valence-corrected chi connectivity index (χ3v) is 3.18. The molecule has 0 aliphatic heterocycles. The van der Waals surface area contributed by atoms with E-state index in [-0.39, 0.29) is 5.91 Å². The average molecular weight is 287 g/mol. The van der Waals surface area contributed by atoms with Gasteiger partial charge in [0.2, 0.25) is 17.7 Å². The Balaban J connectivity index is 1.83. The van der Waals surface area contributed by atoms with Crippen molar-refractivity contribution < 1.29 is 9.21 Å². The molecule has 0 aliphatic carbocycles. The summed E-state index contributed by atoms with van der Waals surface area (Å²) in [5.41, 5.74) is 2.10. The SMILES string of the molecule is CCCCC(=O)NCCc1nnc(-c2ccc(C)cc2)o1. The first-order valence-electron chi connectivity index (χ1n) is 7.35. The predicted molar refractivity (Wildman–Crippen MR) is 80.7 cm³/mol. The zero-order valence-electron chi connectivity index (χ0n) is 12.6. The highest BCUT2D eigenvalue weighted by molar-refractivity contribution is 5.75. The van der Waals surface area contributed by atoms with Gasteiger partial charge in [-0.3, -0.25) is 4.79 Å². The number of aromatic nitrogens is 2. The molecule has 5 heteroatoms. The Hall–Kier alpha value is -2.17. The average Bonchev–Trinajstić information content (AvgIpc) is 2.95. The summed E-state index contributed by atoms with van der Waals surface area (Å²) >= 11 is 0. The number of nitrogens with one attached hydrogen (secondary N) is 1. The Morgan fingerprint density at radius 1 is 1.24 bits per heavy atom. The number of carbonyl (C=O) groups excluding carboxylic acids is 1. The topological polar surface area (TPSA) is 68.0 Å². The molecule has 2 rings (SSSR count). The first-order valence-corrected chi connectivity index (χ1v) is 7.35. The number of carbonyl (C=O) groups is 1. The molecule has 1 amide bonds. The maximum atomic E-state index is 11.5. The first kappa shape index (κ1) is 15.2. The number of benzene rings is 1. The van der Waals surface area contributed by atoms with Crippen molar-refractivity contribution in [2.24, 2.45) is 0 Å². The van der Waals surface area contributed by atoms with Crippen LogP contribution in [0, 0.1) is 6.92 Å². The van der Waals surface area contributed by atoms with Gasteiger partial charge >= 0.3 is 0 Å². The quantitative estimate of drug-likeness (QED) is 0.850. The van der Waals surface area contributed by atoms with Gasteiger partial charge in [0.15, 0.2) is 0 Å². The van der Waals surface area contributed by atoms with Gasteiger partial charge < -0.3 is 9.73 Å². The van der Waals surface area contributed by atoms with Crippen LogP contribution in [-0.2, 0) is 11.2 Å². The van der Waals surface area contributed by atoms with E-state index in [4.69, 9.17) is 4.42 Å². The molecule has 1 heterocycles. The third-order valence-electron chi connectivity index (χ3n) is 3.18. The van der Waals surface area contributed by atoms with E-state index in [2.05, 4.69) is 22.4 Å². The minimum absolute atomic E-state index is 0.0788. The molecule has 0 unspecified atom stereocenters. The lowest BCUT2D eigenvalue weighted by Crippen LogP contribution is -2.25. The molecule has 2 aromatic rings. The summed E-state index contributed by atoms with van der Waals surface area (Å²) in [7, 11) is 0. The molecule has 5 nitrogen and oxygen atoms in total. The van der Waals surface area contributed by atoms with Gasteiger partial charge in [-0.1, -0.05) is 31.0 Å². The van der Waals surface area contributed by atoms with Crippen molar-refractivity contribution in [2.75, 3.05) is 6.54 Å². The van der Waals surface area contributed by atoms with Crippen molar-refractivity contribution in [3.8, 4) is 11.5 Å². The van der Waals surface area contributed by atoms with Crippen molar-refractivity contribution in [3.63, 3.8) is 0 Å². The van der Waals surface area contributed by atoms with Crippen LogP contribution >= 0.6 is 0 Å². The number of amides is 1. The molecule has 0 aliphatic rings. The molecule has 0 saturated carbocycles. The third kappa shape index (κ3) is 4.70. The molecule has 0 radical (unpaired) electrons. The lowest BCUT2D eigenvalue weighted by Gasteiger charge is -2.02. The number of aryl methyl sites for hydroxylation is 1. The summed E-state index contributed by atoms with van der Waals surface area (Å²) < 4.78 is 5.60. The van der Waals surface area contributed by atoms with E-state index in [9.17, 15) is 4.79 Å². The molecule has 0 saturated heterocycles. The standard InChI is InChI=1S/C16H21N3O2/c1-3-4-5-14(20)17-11-10-15-18-19-16(21-15)13-8-6-12(2)7-9-13/h6-9H,3-5,10-11H2,1-2H3,(H,17,20). The number of nitrogens with zero attached hydrogens (tertiary/aromatic N) is 2. The lowest BCUT2D eigenvalue weighted by molar-refractivity contribution is -0.121. The maximum Gasteiger partial charge on any atom is 0.247 e. The predicted octanol–water partition coefficient (Wildman–Crippen LogP) is 2.89. The molecule has 1 aromatic heterocycles. The van der Waals surface area contributed by atoms with Crippen molar-refractivity contribution in [3.05, 3.63) is 35.7 Å². The van der Waals surface area contributed by atoms with E-state index in [0.29, 0.717) is 31.2 Å². The van der Waals surface area contributed by atoms with Gasteiger partial charge in [0.1, 0.15) is 0 Å². The van der Waals surface area contributed by atoms with Gasteiger partial charge in [-0.05, 0) is 25.5 Å². The molecule has 0 spiro atoms. The summed E-state index contributed by atoms with van der Waals surface area (Å²) in [6.07, 6.45) is 3.08. The minimum Gasteiger partial charge on any atom is -0.421 e. The number of rotatable bonds is 7. The molecule has 21 heavy (non-hydrogen) atoms. The minimum atomic E-state index is 0.0788. The van der Waals surface area contributed by atoms with Crippen LogP contribution in [0.1, 0.15) is 37.6 Å². The van der Waals surface area contributed by atoms with Crippen LogP contribution < -0.4 is 5.32 Å². The summed E-state index contributed by atoms with van der Waals surface area (Å²) in [5, 5.41) is 10.9. The fraction of sp³-hybridized carbons (Fsp3) is 0.438. The molecule has 0 atom stereocenters. The van der Waals surface area contributed by atoms with Crippen LogP contribution in [-0.4, -0.2) is 22.6 Å². The van der Waals surface area contributed by atoms with E-state index in [0.717, 1.165) is 18.4 Å². The molecule has 1 N–H and O–H groups in total. The van der Waals surface area contributed by atoms with Crippen LogP contribution in [0.3, 0.4) is 0 Å². The zero-order valence-corrected chi connectivity index (χ0v) is 12.6. The summed E-state index contributed by atoms with van der Waals surface area (Å²) in [5.74, 6) is 1.14. The normalized spacial score (nSPS) is 10.6. The second kappa shape index (κ2) is 7.57. The highest BCUT2D eigenvalue weighted by atomic mass is 16.4. The molecular formula is C16H21N3O2. The number of hydrogen-bond acceptors (Lipinski definition) is 4. The second-order valence-electron chi connectivity index (χ2n) is 5.07. The summed E-state index contributed by atoms with van der Waals surface area (Å²) in [6.45, 7) is 4.63. The second-order valence-corrected chi connectivity index (χ2v) is 5.07. The Morgan fingerprint density at radius 2 is 2.00 bits per heavy atom. The van der Waals surface area contributed by atoms with Gasteiger partial charge in [0.25, 0.3) is 0 Å². The van der Waals surface area contributed by atoms with Gasteiger partial charge in [0, 0.05) is 24.9 Å². The highest BCUT2D eigenvalue weighted by Crippen LogP contribution is 2.18. The molecule has 0 bridgehead atoms. The van der Waals surface area contributed by atoms with Crippen LogP contribution in [0.25, 0.3) is 11.5 Å². The number of unbranched alkanes of at least 4 members (excludes halogenated alkanes) is 1. The Morgan fingerprint density at radius 3 is 2.71 bits per heavy atom. The maximum absolute atomic E-state index is 11.5. The van der Waals surface area contributed by atoms with Crippen LogP contribution in [0.2, 0.25) is 0 Å². The Kier molecular flexibility index (Phi) is 5.49. The summed E-state index contributed by atoms with van der Waals surface area (Å²) in [6, 6.07) is 7.93. The fourth-order valence-corrected chi connectivity index (χ4v) is 1.90. The molecular weight excluding hydrogens is 266 g/mol. The monoisotopic (exact) mass is 287 g/mol. The highest BCUT2D eigenvalue weighted by Gasteiger charge is 2.08.